The minimum Gasteiger partial charge on any atom is -0.337 e. The zero-order valence-electron chi connectivity index (χ0n) is 13.7. The Kier molecular flexibility index (Phi) is 5.94. The van der Waals surface area contributed by atoms with Gasteiger partial charge in [-0.2, -0.15) is 13.2 Å². The zero-order valence-corrected chi connectivity index (χ0v) is 14.5. The number of carbonyl (C=O) groups is 1. The van der Waals surface area contributed by atoms with Crippen molar-refractivity contribution in [3.63, 3.8) is 0 Å². The largest absolute Gasteiger partial charge is 0.401 e. The molecule has 1 aromatic rings. The van der Waals surface area contributed by atoms with E-state index in [9.17, 15) is 26.4 Å². The second-order valence-electron chi connectivity index (χ2n) is 5.93. The summed E-state index contributed by atoms with van der Waals surface area (Å²) in [7, 11) is -2.14. The van der Waals surface area contributed by atoms with Gasteiger partial charge in [0.05, 0.1) is 17.2 Å². The maximum Gasteiger partial charge on any atom is 0.401 e. The number of carbonyl (C=O) groups excluding carboxylic acids is 1. The smallest absolute Gasteiger partial charge is 0.337 e. The summed E-state index contributed by atoms with van der Waals surface area (Å²) in [5.41, 5.74) is 0.532. The Morgan fingerprint density at radius 1 is 1.32 bits per heavy atom. The molecule has 6 nitrogen and oxygen atoms in total. The molecule has 1 aromatic carbocycles. The molecule has 0 bridgehead atoms. The van der Waals surface area contributed by atoms with Gasteiger partial charge in [0.2, 0.25) is 0 Å². The SMILES string of the molecule is CN(CCNC(=O)N1CCS(=O)(=O)c2ccccc2C1)CC(F)(F)F. The van der Waals surface area contributed by atoms with Crippen LogP contribution >= 0.6 is 0 Å². The van der Waals surface area contributed by atoms with E-state index >= 15 is 0 Å². The van der Waals surface area contributed by atoms with E-state index in [0.29, 0.717) is 5.56 Å². The molecule has 0 radical (unpaired) electrons. The monoisotopic (exact) mass is 379 g/mol. The van der Waals surface area contributed by atoms with Gasteiger partial charge in [0.1, 0.15) is 0 Å². The number of halogens is 3. The first kappa shape index (κ1) is 19.5. The van der Waals surface area contributed by atoms with E-state index in [1.165, 1.54) is 18.0 Å². The Bertz CT molecular complexity index is 722. The molecule has 1 aliphatic rings. The average molecular weight is 379 g/mol. The molecule has 2 amide bonds. The van der Waals surface area contributed by atoms with Crippen LogP contribution in [-0.2, 0) is 16.4 Å². The van der Waals surface area contributed by atoms with E-state index in [1.54, 1.807) is 18.2 Å². The van der Waals surface area contributed by atoms with E-state index in [2.05, 4.69) is 5.32 Å². The summed E-state index contributed by atoms with van der Waals surface area (Å²) in [5.74, 6) is -0.189. The van der Waals surface area contributed by atoms with Gasteiger partial charge in [0, 0.05) is 26.2 Å². The van der Waals surface area contributed by atoms with Crippen molar-refractivity contribution in [2.45, 2.75) is 17.6 Å². The third-order valence-corrected chi connectivity index (χ3v) is 5.59. The van der Waals surface area contributed by atoms with Crippen LogP contribution in [0.25, 0.3) is 0 Å². The highest BCUT2D eigenvalue weighted by Gasteiger charge is 2.29. The lowest BCUT2D eigenvalue weighted by Gasteiger charge is -2.23. The zero-order chi connectivity index (χ0) is 18.7. The fourth-order valence-electron chi connectivity index (χ4n) is 2.59. The van der Waals surface area contributed by atoms with Crippen molar-refractivity contribution in [1.29, 1.82) is 0 Å². The van der Waals surface area contributed by atoms with Gasteiger partial charge in [-0.25, -0.2) is 13.2 Å². The molecule has 140 valence electrons. The van der Waals surface area contributed by atoms with Crippen LogP contribution in [0.5, 0.6) is 0 Å². The molecule has 0 saturated carbocycles. The van der Waals surface area contributed by atoms with Crippen molar-refractivity contribution in [1.82, 2.24) is 15.1 Å². The van der Waals surface area contributed by atoms with E-state index in [4.69, 9.17) is 0 Å². The van der Waals surface area contributed by atoms with Crippen LogP contribution in [0.3, 0.4) is 0 Å². The van der Waals surface area contributed by atoms with E-state index in [1.807, 2.05) is 0 Å². The van der Waals surface area contributed by atoms with Crippen LogP contribution in [0.1, 0.15) is 5.56 Å². The number of alkyl halides is 3. The number of nitrogens with zero attached hydrogens (tertiary/aromatic N) is 2. The summed E-state index contributed by atoms with van der Waals surface area (Å²) in [6.45, 7) is -0.816. The minimum atomic E-state index is -4.29. The van der Waals surface area contributed by atoms with E-state index in [0.717, 1.165) is 4.90 Å². The summed E-state index contributed by atoms with van der Waals surface area (Å²) < 4.78 is 61.2. The normalized spacial score (nSPS) is 17.1. The van der Waals surface area contributed by atoms with Gasteiger partial charge in [-0.3, -0.25) is 4.90 Å². The summed E-state index contributed by atoms with van der Waals surface area (Å²) in [6.07, 6.45) is -4.29. The van der Waals surface area contributed by atoms with Crippen molar-refractivity contribution >= 4 is 15.9 Å². The lowest BCUT2D eigenvalue weighted by atomic mass is 10.2. The standard InChI is InChI=1S/C15H20F3N3O3S/c1-20(11-15(16,17)18)7-6-19-14(22)21-8-9-25(23,24)13-5-3-2-4-12(13)10-21/h2-5H,6-11H2,1H3,(H,19,22). The molecule has 0 atom stereocenters. The number of sulfone groups is 1. The average Bonchev–Trinajstić information content (AvgIpc) is 2.62. The van der Waals surface area contributed by atoms with Gasteiger partial charge < -0.3 is 10.2 Å². The van der Waals surface area contributed by atoms with Gasteiger partial charge in [-0.1, -0.05) is 18.2 Å². The molecular weight excluding hydrogens is 359 g/mol. The minimum absolute atomic E-state index is 0.0290. The first-order valence-corrected chi connectivity index (χ1v) is 9.32. The Labute approximate surface area is 144 Å². The number of nitrogens with one attached hydrogen (secondary N) is 1. The van der Waals surface area contributed by atoms with Crippen LogP contribution in [0.4, 0.5) is 18.0 Å². The molecule has 1 aliphatic heterocycles. The highest BCUT2D eigenvalue weighted by Crippen LogP contribution is 2.22. The fourth-order valence-corrected chi connectivity index (χ4v) is 4.09. The Hall–Kier alpha value is -1.81. The van der Waals surface area contributed by atoms with Gasteiger partial charge in [0.25, 0.3) is 0 Å². The van der Waals surface area contributed by atoms with Crippen molar-refractivity contribution < 1.29 is 26.4 Å². The molecule has 2 rings (SSSR count). The number of amides is 2. The van der Waals surface area contributed by atoms with Crippen molar-refractivity contribution in [3.05, 3.63) is 29.8 Å². The number of benzene rings is 1. The maximum absolute atomic E-state index is 12.2. The number of urea groups is 1. The first-order chi connectivity index (χ1) is 11.6. The number of hydrogen-bond donors (Lipinski definition) is 1. The van der Waals surface area contributed by atoms with E-state index in [-0.39, 0.29) is 36.8 Å². The van der Waals surface area contributed by atoms with Gasteiger partial charge >= 0.3 is 12.2 Å². The lowest BCUT2D eigenvalue weighted by Crippen LogP contribution is -2.44. The number of likely N-dealkylation sites (N-methyl/N-ethyl adjacent to an activating group) is 1. The molecule has 10 heteroatoms. The second kappa shape index (κ2) is 7.61. The molecule has 0 fully saturated rings. The predicted molar refractivity (Wildman–Crippen MR) is 85.9 cm³/mol. The fraction of sp³-hybridized carbons (Fsp3) is 0.533. The van der Waals surface area contributed by atoms with Crippen molar-refractivity contribution in [2.24, 2.45) is 0 Å². The third-order valence-electron chi connectivity index (χ3n) is 3.80. The lowest BCUT2D eigenvalue weighted by molar-refractivity contribution is -0.142. The molecule has 1 N–H and O–H groups in total. The molecular formula is C15H20F3N3O3S. The van der Waals surface area contributed by atoms with Crippen molar-refractivity contribution in [2.75, 3.05) is 39.0 Å². The Morgan fingerprint density at radius 3 is 2.68 bits per heavy atom. The van der Waals surface area contributed by atoms with Crippen molar-refractivity contribution in [3.8, 4) is 0 Å². The molecule has 0 aromatic heterocycles. The molecule has 1 heterocycles. The number of fused-ring (bicyclic) bond motifs is 1. The van der Waals surface area contributed by atoms with Crippen LogP contribution in [0.15, 0.2) is 29.2 Å². The Balaban J connectivity index is 1.93. The quantitative estimate of drug-likeness (QED) is 0.860. The summed E-state index contributed by atoms with van der Waals surface area (Å²) in [6, 6.07) is 5.99. The molecule has 0 saturated heterocycles. The summed E-state index contributed by atoms with van der Waals surface area (Å²) in [5, 5.41) is 2.54. The highest BCUT2D eigenvalue weighted by molar-refractivity contribution is 7.91. The molecule has 0 aliphatic carbocycles. The summed E-state index contributed by atoms with van der Waals surface area (Å²) >= 11 is 0. The second-order valence-corrected chi connectivity index (χ2v) is 8.01. The van der Waals surface area contributed by atoms with Gasteiger partial charge in [0.15, 0.2) is 9.84 Å². The van der Waals surface area contributed by atoms with Crippen LogP contribution in [-0.4, -0.2) is 69.4 Å². The maximum atomic E-state index is 12.2. The van der Waals surface area contributed by atoms with E-state index < -0.39 is 28.6 Å². The van der Waals surface area contributed by atoms with Gasteiger partial charge in [-0.15, -0.1) is 0 Å². The van der Waals surface area contributed by atoms with Crippen LogP contribution in [0, 0.1) is 0 Å². The number of rotatable bonds is 4. The third kappa shape index (κ3) is 5.60. The predicted octanol–water partition coefficient (Wildman–Crippen LogP) is 1.48. The van der Waals surface area contributed by atoms with Crippen LogP contribution in [0.2, 0.25) is 0 Å². The molecule has 25 heavy (non-hydrogen) atoms. The van der Waals surface area contributed by atoms with Crippen LogP contribution < -0.4 is 5.32 Å². The van der Waals surface area contributed by atoms with Gasteiger partial charge in [-0.05, 0) is 18.7 Å². The Morgan fingerprint density at radius 2 is 2.00 bits per heavy atom. The first-order valence-electron chi connectivity index (χ1n) is 7.67. The highest BCUT2D eigenvalue weighted by atomic mass is 32.2. The molecule has 0 unspecified atom stereocenters. The number of hydrogen-bond acceptors (Lipinski definition) is 4. The summed E-state index contributed by atoms with van der Waals surface area (Å²) in [4.78, 5) is 14.8. The molecule has 0 spiro atoms. The topological polar surface area (TPSA) is 69.7 Å².